The number of halogens is 4. The van der Waals surface area contributed by atoms with E-state index in [4.69, 9.17) is 0 Å². The largest absolute Gasteiger partial charge is 0.416 e. The van der Waals surface area contributed by atoms with E-state index in [-0.39, 0.29) is 0 Å². The van der Waals surface area contributed by atoms with Gasteiger partial charge in [-0.25, -0.2) is 0 Å². The molecule has 1 aromatic rings. The SMILES string of the molecule is CCCCCCNc1cc(C(F)(F)F)ccc1Br. The lowest BCUT2D eigenvalue weighted by molar-refractivity contribution is -0.137. The highest BCUT2D eigenvalue weighted by atomic mass is 79.9. The van der Waals surface area contributed by atoms with Gasteiger partial charge in [0.05, 0.1) is 5.56 Å². The zero-order valence-electron chi connectivity index (χ0n) is 10.3. The van der Waals surface area contributed by atoms with Gasteiger partial charge in [-0.05, 0) is 40.5 Å². The summed E-state index contributed by atoms with van der Waals surface area (Å²) in [7, 11) is 0. The minimum Gasteiger partial charge on any atom is -0.384 e. The van der Waals surface area contributed by atoms with Crippen LogP contribution in [0.1, 0.15) is 38.2 Å². The van der Waals surface area contributed by atoms with Gasteiger partial charge in [0.25, 0.3) is 0 Å². The summed E-state index contributed by atoms with van der Waals surface area (Å²) in [6.45, 7) is 2.82. The Morgan fingerprint density at radius 1 is 1.17 bits per heavy atom. The van der Waals surface area contributed by atoms with E-state index in [1.807, 2.05) is 0 Å². The van der Waals surface area contributed by atoms with Gasteiger partial charge in [0.1, 0.15) is 0 Å². The molecule has 1 N–H and O–H groups in total. The van der Waals surface area contributed by atoms with Crippen molar-refractivity contribution in [3.8, 4) is 0 Å². The second-order valence-corrected chi connectivity index (χ2v) is 5.03. The van der Waals surface area contributed by atoms with Crippen LogP contribution >= 0.6 is 15.9 Å². The summed E-state index contributed by atoms with van der Waals surface area (Å²) >= 11 is 3.25. The molecule has 0 aliphatic heterocycles. The van der Waals surface area contributed by atoms with Crippen LogP contribution in [0.4, 0.5) is 18.9 Å². The minimum atomic E-state index is -4.29. The van der Waals surface area contributed by atoms with E-state index in [1.54, 1.807) is 0 Å². The first kappa shape index (κ1) is 15.3. The summed E-state index contributed by atoms with van der Waals surface area (Å²) in [5, 5.41) is 3.04. The molecule has 0 aromatic heterocycles. The van der Waals surface area contributed by atoms with Gasteiger partial charge in [-0.15, -0.1) is 0 Å². The molecule has 0 saturated carbocycles. The fraction of sp³-hybridized carbons (Fsp3) is 0.538. The average molecular weight is 324 g/mol. The molecule has 0 saturated heterocycles. The third kappa shape index (κ3) is 4.88. The molecule has 0 aliphatic rings. The number of nitrogens with one attached hydrogen (secondary N) is 1. The molecule has 0 bridgehead atoms. The van der Waals surface area contributed by atoms with Crippen molar-refractivity contribution >= 4 is 21.6 Å². The molecule has 1 nitrogen and oxygen atoms in total. The number of rotatable bonds is 6. The molecular weight excluding hydrogens is 307 g/mol. The van der Waals surface area contributed by atoms with E-state index >= 15 is 0 Å². The number of hydrogen-bond acceptors (Lipinski definition) is 1. The van der Waals surface area contributed by atoms with Crippen LogP contribution in [-0.4, -0.2) is 6.54 Å². The molecule has 0 aliphatic carbocycles. The van der Waals surface area contributed by atoms with Gasteiger partial charge in [-0.2, -0.15) is 13.2 Å². The average Bonchev–Trinajstić information content (AvgIpc) is 2.29. The predicted molar refractivity (Wildman–Crippen MR) is 71.8 cm³/mol. The number of unbranched alkanes of at least 4 members (excludes halogenated alkanes) is 3. The molecule has 0 heterocycles. The summed E-state index contributed by atoms with van der Waals surface area (Å²) < 4.78 is 38.3. The van der Waals surface area contributed by atoms with E-state index in [0.717, 1.165) is 37.8 Å². The minimum absolute atomic E-state index is 0.501. The van der Waals surface area contributed by atoms with Crippen molar-refractivity contribution in [2.45, 2.75) is 38.8 Å². The van der Waals surface area contributed by atoms with E-state index in [1.165, 1.54) is 6.07 Å². The van der Waals surface area contributed by atoms with E-state index < -0.39 is 11.7 Å². The summed E-state index contributed by atoms with van der Waals surface area (Å²) in [6, 6.07) is 3.65. The molecule has 0 fully saturated rings. The zero-order chi connectivity index (χ0) is 13.6. The van der Waals surface area contributed by atoms with Crippen molar-refractivity contribution in [2.24, 2.45) is 0 Å². The maximum Gasteiger partial charge on any atom is 0.416 e. The van der Waals surface area contributed by atoms with Gasteiger partial charge >= 0.3 is 6.18 Å². The Bertz CT molecular complexity index is 377. The molecule has 0 spiro atoms. The molecule has 0 atom stereocenters. The molecule has 5 heteroatoms. The maximum absolute atomic E-state index is 12.5. The molecule has 18 heavy (non-hydrogen) atoms. The van der Waals surface area contributed by atoms with Gasteiger partial charge in [0.2, 0.25) is 0 Å². The van der Waals surface area contributed by atoms with Gasteiger partial charge in [-0.1, -0.05) is 26.2 Å². The van der Waals surface area contributed by atoms with Crippen LogP contribution in [0, 0.1) is 0 Å². The Morgan fingerprint density at radius 3 is 2.50 bits per heavy atom. The van der Waals surface area contributed by atoms with Crippen LogP contribution in [0.15, 0.2) is 22.7 Å². The lowest BCUT2D eigenvalue weighted by Crippen LogP contribution is -2.07. The molecule has 1 aromatic carbocycles. The molecular formula is C13H17BrF3N. The normalized spacial score (nSPS) is 11.6. The number of anilines is 1. The second kappa shape index (κ2) is 7.02. The van der Waals surface area contributed by atoms with Crippen LogP contribution < -0.4 is 5.32 Å². The van der Waals surface area contributed by atoms with Crippen molar-refractivity contribution in [3.63, 3.8) is 0 Å². The number of hydrogen-bond donors (Lipinski definition) is 1. The van der Waals surface area contributed by atoms with Gasteiger partial charge in [-0.3, -0.25) is 0 Å². The van der Waals surface area contributed by atoms with Gasteiger partial charge < -0.3 is 5.32 Å². The molecule has 102 valence electrons. The maximum atomic E-state index is 12.5. The summed E-state index contributed by atoms with van der Waals surface area (Å²) in [6.07, 6.45) is 0.0780. The molecule has 0 unspecified atom stereocenters. The fourth-order valence-corrected chi connectivity index (χ4v) is 2.00. The standard InChI is InChI=1S/C13H17BrF3N/c1-2-3-4-5-8-18-12-9-10(13(15,16)17)6-7-11(12)14/h6-7,9,18H,2-5,8H2,1H3. The van der Waals surface area contributed by atoms with E-state index in [9.17, 15) is 13.2 Å². The summed E-state index contributed by atoms with van der Waals surface area (Å²) in [4.78, 5) is 0. The Balaban J connectivity index is 2.59. The summed E-state index contributed by atoms with van der Waals surface area (Å²) in [5.41, 5.74) is -0.122. The zero-order valence-corrected chi connectivity index (χ0v) is 11.9. The quantitative estimate of drug-likeness (QED) is 0.685. The third-order valence-corrected chi connectivity index (χ3v) is 3.33. The highest BCUT2D eigenvalue weighted by Gasteiger charge is 2.30. The first-order valence-corrected chi connectivity index (χ1v) is 6.85. The Kier molecular flexibility index (Phi) is 5.99. The highest BCUT2D eigenvalue weighted by molar-refractivity contribution is 9.10. The molecule has 0 amide bonds. The third-order valence-electron chi connectivity index (χ3n) is 2.64. The number of benzene rings is 1. The smallest absolute Gasteiger partial charge is 0.384 e. The van der Waals surface area contributed by atoms with Crippen LogP contribution in [-0.2, 0) is 6.18 Å². The fourth-order valence-electron chi connectivity index (χ4n) is 1.61. The van der Waals surface area contributed by atoms with E-state index in [2.05, 4.69) is 28.2 Å². The van der Waals surface area contributed by atoms with Gasteiger partial charge in [0, 0.05) is 16.7 Å². The number of alkyl halides is 3. The van der Waals surface area contributed by atoms with Crippen molar-refractivity contribution in [1.82, 2.24) is 0 Å². The monoisotopic (exact) mass is 323 g/mol. The predicted octanol–water partition coefficient (Wildman–Crippen LogP) is 5.46. The first-order valence-electron chi connectivity index (χ1n) is 6.05. The van der Waals surface area contributed by atoms with Crippen molar-refractivity contribution in [2.75, 3.05) is 11.9 Å². The lowest BCUT2D eigenvalue weighted by atomic mass is 10.2. The van der Waals surface area contributed by atoms with Crippen molar-refractivity contribution in [3.05, 3.63) is 28.2 Å². The van der Waals surface area contributed by atoms with Crippen LogP contribution in [0.3, 0.4) is 0 Å². The highest BCUT2D eigenvalue weighted by Crippen LogP contribution is 2.33. The summed E-state index contributed by atoms with van der Waals surface area (Å²) in [5.74, 6) is 0. The lowest BCUT2D eigenvalue weighted by Gasteiger charge is -2.12. The van der Waals surface area contributed by atoms with Crippen LogP contribution in [0.2, 0.25) is 0 Å². The first-order chi connectivity index (χ1) is 8.45. The Hall–Kier alpha value is -0.710. The van der Waals surface area contributed by atoms with Crippen LogP contribution in [0.25, 0.3) is 0 Å². The van der Waals surface area contributed by atoms with Crippen molar-refractivity contribution < 1.29 is 13.2 Å². The van der Waals surface area contributed by atoms with Gasteiger partial charge in [0.15, 0.2) is 0 Å². The Morgan fingerprint density at radius 2 is 1.89 bits per heavy atom. The molecule has 0 radical (unpaired) electrons. The topological polar surface area (TPSA) is 12.0 Å². The Labute approximate surface area is 114 Å². The van der Waals surface area contributed by atoms with Crippen LogP contribution in [0.5, 0.6) is 0 Å². The second-order valence-electron chi connectivity index (χ2n) is 4.18. The molecule has 1 rings (SSSR count). The van der Waals surface area contributed by atoms with Crippen molar-refractivity contribution in [1.29, 1.82) is 0 Å². The van der Waals surface area contributed by atoms with E-state index in [0.29, 0.717) is 16.7 Å².